The largest absolute Gasteiger partial charge is 0.493 e. The summed E-state index contributed by atoms with van der Waals surface area (Å²) in [5, 5.41) is 2.63. The second-order valence-electron chi connectivity index (χ2n) is 6.34. The molecule has 1 atom stereocenters. The lowest BCUT2D eigenvalue weighted by Crippen LogP contribution is -2.33. The third-order valence-corrected chi connectivity index (χ3v) is 4.45. The number of rotatable bonds is 8. The number of methoxy groups -OCH3 is 4. The number of fused-ring (bicyclic) bond motifs is 1. The lowest BCUT2D eigenvalue weighted by atomic mass is 10.1. The van der Waals surface area contributed by atoms with Crippen LogP contribution in [-0.4, -0.2) is 62.1 Å². The van der Waals surface area contributed by atoms with Gasteiger partial charge in [0.05, 0.1) is 39.3 Å². The Balaban J connectivity index is 1.92. The number of hydrogen-bond acceptors (Lipinski definition) is 8. The van der Waals surface area contributed by atoms with Crippen molar-refractivity contribution in [1.82, 2.24) is 20.3 Å². The Kier molecular flexibility index (Phi) is 6.58. The van der Waals surface area contributed by atoms with Crippen molar-refractivity contribution < 1.29 is 28.5 Å². The lowest BCUT2D eigenvalue weighted by Gasteiger charge is -2.14. The van der Waals surface area contributed by atoms with Gasteiger partial charge in [-0.05, 0) is 19.1 Å². The Hall–Kier alpha value is -3.53. The summed E-state index contributed by atoms with van der Waals surface area (Å²) in [7, 11) is 6.18. The molecule has 2 N–H and O–H groups in total. The number of nitrogens with zero attached hydrogens (tertiary/aromatic N) is 2. The van der Waals surface area contributed by atoms with E-state index < -0.39 is 6.09 Å². The fourth-order valence-corrected chi connectivity index (χ4v) is 2.76. The van der Waals surface area contributed by atoms with Crippen molar-refractivity contribution in [2.75, 3.05) is 35.0 Å². The first kappa shape index (κ1) is 21.2. The van der Waals surface area contributed by atoms with Crippen molar-refractivity contribution >= 4 is 17.3 Å². The molecule has 1 aromatic carbocycles. The Morgan fingerprint density at radius 2 is 1.80 bits per heavy atom. The lowest BCUT2D eigenvalue weighted by molar-refractivity contribution is 0.115. The fourth-order valence-electron chi connectivity index (χ4n) is 2.76. The van der Waals surface area contributed by atoms with Crippen LogP contribution in [0.3, 0.4) is 0 Å². The van der Waals surface area contributed by atoms with Crippen LogP contribution in [0, 0.1) is 0 Å². The first-order chi connectivity index (χ1) is 14.5. The van der Waals surface area contributed by atoms with E-state index in [9.17, 15) is 4.79 Å². The molecule has 0 bridgehead atoms. The summed E-state index contributed by atoms with van der Waals surface area (Å²) in [6.45, 7) is 2.15. The average Bonchev–Trinajstić information content (AvgIpc) is 3.17. The Labute approximate surface area is 173 Å². The molecule has 3 rings (SSSR count). The number of carbonyl (C=O) groups is 1. The SMILES string of the molecule is COc1cc(-c2cnc3[nH]cc(OC(=O)NCC(C)OC)c3n2)cc(OC)c1OC. The molecule has 10 nitrogen and oxygen atoms in total. The molecule has 30 heavy (non-hydrogen) atoms. The first-order valence-electron chi connectivity index (χ1n) is 9.13. The number of aromatic nitrogens is 3. The Morgan fingerprint density at radius 1 is 1.10 bits per heavy atom. The smallest absolute Gasteiger partial charge is 0.412 e. The highest BCUT2D eigenvalue weighted by atomic mass is 16.6. The van der Waals surface area contributed by atoms with E-state index in [0.717, 1.165) is 0 Å². The molecule has 10 heteroatoms. The van der Waals surface area contributed by atoms with Gasteiger partial charge in [0, 0.05) is 25.4 Å². The van der Waals surface area contributed by atoms with E-state index >= 15 is 0 Å². The van der Waals surface area contributed by atoms with Gasteiger partial charge in [-0.15, -0.1) is 0 Å². The van der Waals surface area contributed by atoms with E-state index in [2.05, 4.69) is 20.3 Å². The van der Waals surface area contributed by atoms with Gasteiger partial charge in [0.2, 0.25) is 5.75 Å². The molecule has 0 saturated carbocycles. The van der Waals surface area contributed by atoms with Crippen LogP contribution in [0.5, 0.6) is 23.0 Å². The standard InChI is InChI=1S/C20H24N4O6/c1-11(26-2)8-23-20(25)30-16-10-22-19-17(16)24-13(9-21-19)12-6-14(27-3)18(29-5)15(7-12)28-4/h6-7,9-11H,8H2,1-5H3,(H,21,22)(H,23,25). The maximum atomic E-state index is 12.1. The summed E-state index contributed by atoms with van der Waals surface area (Å²) in [4.78, 5) is 24.0. The number of hydrogen-bond donors (Lipinski definition) is 2. The molecule has 0 saturated heterocycles. The normalized spacial score (nSPS) is 11.8. The maximum Gasteiger partial charge on any atom is 0.412 e. The van der Waals surface area contributed by atoms with Crippen LogP contribution in [0.1, 0.15) is 6.92 Å². The highest BCUT2D eigenvalue weighted by Gasteiger charge is 2.17. The summed E-state index contributed by atoms with van der Waals surface area (Å²) >= 11 is 0. The van der Waals surface area contributed by atoms with Gasteiger partial charge in [0.1, 0.15) is 0 Å². The zero-order valence-corrected chi connectivity index (χ0v) is 17.4. The summed E-state index contributed by atoms with van der Waals surface area (Å²) in [6, 6.07) is 3.53. The molecule has 0 spiro atoms. The second-order valence-corrected chi connectivity index (χ2v) is 6.34. The topological polar surface area (TPSA) is 117 Å². The third-order valence-electron chi connectivity index (χ3n) is 4.45. The number of amides is 1. The number of H-pyrrole nitrogens is 1. The van der Waals surface area contributed by atoms with Gasteiger partial charge in [0.25, 0.3) is 0 Å². The van der Waals surface area contributed by atoms with Crippen molar-refractivity contribution in [3.8, 4) is 34.3 Å². The van der Waals surface area contributed by atoms with E-state index in [1.807, 2.05) is 6.92 Å². The second kappa shape index (κ2) is 9.31. The van der Waals surface area contributed by atoms with Crippen LogP contribution in [0.25, 0.3) is 22.4 Å². The minimum Gasteiger partial charge on any atom is -0.493 e. The van der Waals surface area contributed by atoms with Crippen LogP contribution in [0.4, 0.5) is 4.79 Å². The summed E-state index contributed by atoms with van der Waals surface area (Å²) < 4.78 is 26.6. The molecule has 160 valence electrons. The minimum absolute atomic E-state index is 0.132. The molecule has 0 fully saturated rings. The number of carbonyl (C=O) groups excluding carboxylic acids is 1. The third kappa shape index (κ3) is 4.38. The molecule has 2 heterocycles. The van der Waals surface area contributed by atoms with Gasteiger partial charge in [-0.3, -0.25) is 0 Å². The molecular formula is C20H24N4O6. The zero-order chi connectivity index (χ0) is 21.7. The molecule has 0 radical (unpaired) electrons. The Bertz CT molecular complexity index is 1010. The van der Waals surface area contributed by atoms with Crippen molar-refractivity contribution in [2.45, 2.75) is 13.0 Å². The van der Waals surface area contributed by atoms with Gasteiger partial charge in [-0.25, -0.2) is 14.8 Å². The molecule has 0 aliphatic carbocycles. The van der Waals surface area contributed by atoms with E-state index in [-0.39, 0.29) is 11.9 Å². The first-order valence-corrected chi connectivity index (χ1v) is 9.13. The Morgan fingerprint density at radius 3 is 2.40 bits per heavy atom. The molecule has 1 unspecified atom stereocenters. The molecule has 0 aliphatic rings. The van der Waals surface area contributed by atoms with Crippen LogP contribution in [0.15, 0.2) is 24.5 Å². The van der Waals surface area contributed by atoms with Crippen molar-refractivity contribution in [2.24, 2.45) is 0 Å². The summed E-state index contributed by atoms with van der Waals surface area (Å²) in [5.74, 6) is 1.72. The van der Waals surface area contributed by atoms with Crippen LogP contribution >= 0.6 is 0 Å². The van der Waals surface area contributed by atoms with E-state index in [1.165, 1.54) is 27.5 Å². The number of nitrogens with one attached hydrogen (secondary N) is 2. The number of ether oxygens (including phenoxy) is 5. The predicted molar refractivity (Wildman–Crippen MR) is 109 cm³/mol. The van der Waals surface area contributed by atoms with Gasteiger partial charge in [-0.2, -0.15) is 0 Å². The van der Waals surface area contributed by atoms with E-state index in [0.29, 0.717) is 46.2 Å². The van der Waals surface area contributed by atoms with Gasteiger partial charge in [-0.1, -0.05) is 0 Å². The highest BCUT2D eigenvalue weighted by Crippen LogP contribution is 2.41. The monoisotopic (exact) mass is 416 g/mol. The number of benzene rings is 1. The van der Waals surface area contributed by atoms with Crippen LogP contribution in [-0.2, 0) is 4.74 Å². The van der Waals surface area contributed by atoms with Crippen LogP contribution in [0.2, 0.25) is 0 Å². The molecule has 0 aliphatic heterocycles. The molecule has 2 aromatic heterocycles. The van der Waals surface area contributed by atoms with E-state index in [4.69, 9.17) is 23.7 Å². The van der Waals surface area contributed by atoms with Gasteiger partial charge >= 0.3 is 6.09 Å². The zero-order valence-electron chi connectivity index (χ0n) is 17.4. The number of aromatic amines is 1. The summed E-state index contributed by atoms with van der Waals surface area (Å²) in [5.41, 5.74) is 2.14. The summed E-state index contributed by atoms with van der Waals surface area (Å²) in [6.07, 6.45) is 2.39. The van der Waals surface area contributed by atoms with E-state index in [1.54, 1.807) is 25.4 Å². The molecule has 3 aromatic rings. The highest BCUT2D eigenvalue weighted by molar-refractivity contribution is 5.84. The quantitative estimate of drug-likeness (QED) is 0.576. The maximum absolute atomic E-state index is 12.1. The minimum atomic E-state index is -0.611. The average molecular weight is 416 g/mol. The van der Waals surface area contributed by atoms with Crippen molar-refractivity contribution in [1.29, 1.82) is 0 Å². The van der Waals surface area contributed by atoms with Crippen LogP contribution < -0.4 is 24.3 Å². The van der Waals surface area contributed by atoms with Crippen molar-refractivity contribution in [3.05, 3.63) is 24.5 Å². The molecular weight excluding hydrogens is 392 g/mol. The van der Waals surface area contributed by atoms with Gasteiger partial charge < -0.3 is 34.0 Å². The molecule has 1 amide bonds. The fraction of sp³-hybridized carbons (Fsp3) is 0.350. The van der Waals surface area contributed by atoms with Gasteiger partial charge in [0.15, 0.2) is 28.4 Å². The predicted octanol–water partition coefficient (Wildman–Crippen LogP) is 2.77. The van der Waals surface area contributed by atoms with Crippen molar-refractivity contribution in [3.63, 3.8) is 0 Å².